The molecule has 7 heteroatoms. The second-order valence-electron chi connectivity index (χ2n) is 7.51. The third-order valence-electron chi connectivity index (χ3n) is 6.08. The molecule has 4 aliphatic rings. The Bertz CT molecular complexity index is 637. The van der Waals surface area contributed by atoms with Crippen molar-refractivity contribution in [2.45, 2.75) is 18.8 Å². The van der Waals surface area contributed by atoms with Crippen molar-refractivity contribution in [3.8, 4) is 0 Å². The summed E-state index contributed by atoms with van der Waals surface area (Å²) in [5, 5.41) is 0.427. The summed E-state index contributed by atoms with van der Waals surface area (Å²) in [6, 6.07) is 1.79. The van der Waals surface area contributed by atoms with Gasteiger partial charge in [-0.15, -0.1) is 0 Å². The summed E-state index contributed by atoms with van der Waals surface area (Å²) >= 11 is 6.03. The fourth-order valence-corrected chi connectivity index (χ4v) is 5.17. The maximum absolute atomic E-state index is 12.0. The minimum atomic E-state index is -0.412. The summed E-state index contributed by atoms with van der Waals surface area (Å²) in [5.74, 6) is -0.106. The minimum absolute atomic E-state index is 0.0904. The van der Waals surface area contributed by atoms with Gasteiger partial charge in [-0.05, 0) is 31.4 Å². The lowest BCUT2D eigenvalue weighted by Crippen LogP contribution is -2.76. The molecule has 1 aromatic rings. The number of nitrogens with zero attached hydrogens (tertiary/aromatic N) is 4. The molecule has 1 aromatic heterocycles. The Morgan fingerprint density at radius 2 is 2.04 bits per heavy atom. The standard InChI is InChI=1S/C16H22ClN5O/c1-21-2-4-22(5-3-21)9-15-7-16(8-15,14(18)23)13(15)11-6-12(17)20-10-19-11/h6,10,13H,2-5,7-9H2,1H3,(H2,18,23). The van der Waals surface area contributed by atoms with Gasteiger partial charge in [-0.1, -0.05) is 11.6 Å². The van der Waals surface area contributed by atoms with Crippen molar-refractivity contribution in [2.75, 3.05) is 39.8 Å². The molecule has 1 unspecified atom stereocenters. The average Bonchev–Trinajstić information content (AvgIpc) is 2.43. The molecule has 3 aliphatic carbocycles. The molecule has 23 heavy (non-hydrogen) atoms. The first-order valence-electron chi connectivity index (χ1n) is 8.13. The Labute approximate surface area is 141 Å². The van der Waals surface area contributed by atoms with Gasteiger partial charge >= 0.3 is 0 Å². The van der Waals surface area contributed by atoms with Crippen LogP contribution in [0.2, 0.25) is 5.15 Å². The molecule has 4 fully saturated rings. The zero-order valence-corrected chi connectivity index (χ0v) is 14.1. The van der Waals surface area contributed by atoms with Crippen molar-refractivity contribution < 1.29 is 4.79 Å². The first kappa shape index (κ1) is 15.3. The van der Waals surface area contributed by atoms with Gasteiger partial charge in [0.25, 0.3) is 0 Å². The summed E-state index contributed by atoms with van der Waals surface area (Å²) in [5.41, 5.74) is 6.30. The van der Waals surface area contributed by atoms with Crippen LogP contribution in [0.25, 0.3) is 0 Å². The van der Waals surface area contributed by atoms with E-state index in [0.29, 0.717) is 5.15 Å². The van der Waals surface area contributed by atoms with Crippen molar-refractivity contribution >= 4 is 17.5 Å². The zero-order valence-electron chi connectivity index (χ0n) is 13.3. The van der Waals surface area contributed by atoms with Crippen molar-refractivity contribution in [3.63, 3.8) is 0 Å². The zero-order chi connectivity index (χ0) is 16.2. The molecular formula is C16H22ClN5O. The second-order valence-corrected chi connectivity index (χ2v) is 7.90. The van der Waals surface area contributed by atoms with Crippen LogP contribution in [-0.2, 0) is 4.79 Å². The van der Waals surface area contributed by atoms with Gasteiger partial charge in [0.1, 0.15) is 11.5 Å². The minimum Gasteiger partial charge on any atom is -0.369 e. The molecular weight excluding hydrogens is 314 g/mol. The Balaban J connectivity index is 1.56. The topological polar surface area (TPSA) is 75.3 Å². The fraction of sp³-hybridized carbons (Fsp3) is 0.688. The van der Waals surface area contributed by atoms with Crippen LogP contribution >= 0.6 is 11.6 Å². The van der Waals surface area contributed by atoms with E-state index in [2.05, 4.69) is 26.8 Å². The number of amides is 1. The van der Waals surface area contributed by atoms with E-state index in [-0.39, 0.29) is 17.2 Å². The van der Waals surface area contributed by atoms with E-state index in [1.807, 2.05) is 0 Å². The Hall–Kier alpha value is -1.24. The highest BCUT2D eigenvalue weighted by molar-refractivity contribution is 6.29. The van der Waals surface area contributed by atoms with Gasteiger partial charge in [-0.3, -0.25) is 4.79 Å². The van der Waals surface area contributed by atoms with E-state index in [1.165, 1.54) is 6.33 Å². The van der Waals surface area contributed by atoms with Gasteiger partial charge in [0.15, 0.2) is 0 Å². The van der Waals surface area contributed by atoms with E-state index in [9.17, 15) is 4.79 Å². The predicted molar refractivity (Wildman–Crippen MR) is 87.0 cm³/mol. The molecule has 0 spiro atoms. The smallest absolute Gasteiger partial charge is 0.224 e. The van der Waals surface area contributed by atoms with Crippen molar-refractivity contribution in [2.24, 2.45) is 16.6 Å². The van der Waals surface area contributed by atoms with Gasteiger partial charge < -0.3 is 15.5 Å². The summed E-state index contributed by atoms with van der Waals surface area (Å²) in [7, 11) is 2.16. The molecule has 1 saturated heterocycles. The third-order valence-corrected chi connectivity index (χ3v) is 6.28. The number of aromatic nitrogens is 2. The summed E-state index contributed by atoms with van der Waals surface area (Å²) in [6.45, 7) is 5.38. The average molecular weight is 336 g/mol. The molecule has 2 N–H and O–H groups in total. The molecule has 1 amide bonds. The van der Waals surface area contributed by atoms with Crippen molar-refractivity contribution in [3.05, 3.63) is 23.2 Å². The number of piperazine rings is 1. The summed E-state index contributed by atoms with van der Waals surface area (Å²) in [4.78, 5) is 25.2. The summed E-state index contributed by atoms with van der Waals surface area (Å²) < 4.78 is 0. The van der Waals surface area contributed by atoms with Gasteiger partial charge in [-0.25, -0.2) is 9.97 Å². The van der Waals surface area contributed by atoms with E-state index in [1.54, 1.807) is 6.07 Å². The molecule has 2 bridgehead atoms. The fourth-order valence-electron chi connectivity index (χ4n) is 5.01. The monoisotopic (exact) mass is 335 g/mol. The third kappa shape index (κ3) is 2.19. The second kappa shape index (κ2) is 5.13. The van der Waals surface area contributed by atoms with Crippen LogP contribution in [0.3, 0.4) is 0 Å². The number of nitrogens with two attached hydrogens (primary N) is 1. The number of rotatable bonds is 4. The molecule has 0 radical (unpaired) electrons. The lowest BCUT2D eigenvalue weighted by molar-refractivity contribution is -0.235. The van der Waals surface area contributed by atoms with Crippen molar-refractivity contribution in [1.82, 2.24) is 19.8 Å². The maximum Gasteiger partial charge on any atom is 0.224 e. The number of primary amides is 1. The number of hydrogen-bond donors (Lipinski definition) is 1. The van der Waals surface area contributed by atoms with Crippen LogP contribution in [-0.4, -0.2) is 65.4 Å². The first-order chi connectivity index (χ1) is 11.0. The van der Waals surface area contributed by atoms with Gasteiger partial charge in [0.05, 0.1) is 11.1 Å². The maximum atomic E-state index is 12.0. The highest BCUT2D eigenvalue weighted by atomic mass is 35.5. The quantitative estimate of drug-likeness (QED) is 0.821. The molecule has 124 valence electrons. The molecule has 3 saturated carbocycles. The van der Waals surface area contributed by atoms with Crippen LogP contribution in [0.5, 0.6) is 0 Å². The van der Waals surface area contributed by atoms with E-state index < -0.39 is 5.41 Å². The predicted octanol–water partition coefficient (Wildman–Crippen LogP) is 0.726. The van der Waals surface area contributed by atoms with Gasteiger partial charge in [0.2, 0.25) is 5.91 Å². The number of hydrogen-bond acceptors (Lipinski definition) is 5. The van der Waals surface area contributed by atoms with Crippen LogP contribution in [0, 0.1) is 10.8 Å². The highest BCUT2D eigenvalue weighted by Gasteiger charge is 2.78. The molecule has 6 nitrogen and oxygen atoms in total. The lowest BCUT2D eigenvalue weighted by atomic mass is 9.28. The molecule has 1 aliphatic heterocycles. The molecule has 0 aromatic carbocycles. The highest BCUT2D eigenvalue weighted by Crippen LogP contribution is 2.80. The van der Waals surface area contributed by atoms with Gasteiger partial charge in [0, 0.05) is 38.6 Å². The Morgan fingerprint density at radius 3 is 2.65 bits per heavy atom. The number of likely N-dealkylation sites (N-methyl/N-ethyl adjacent to an activating group) is 1. The molecule has 5 rings (SSSR count). The van der Waals surface area contributed by atoms with Crippen molar-refractivity contribution in [1.29, 1.82) is 0 Å². The largest absolute Gasteiger partial charge is 0.369 e. The number of halogens is 1. The molecule has 1 atom stereocenters. The first-order valence-corrected chi connectivity index (χ1v) is 8.51. The Kier molecular flexibility index (Phi) is 3.41. The summed E-state index contributed by atoms with van der Waals surface area (Å²) in [6.07, 6.45) is 3.25. The van der Waals surface area contributed by atoms with E-state index in [4.69, 9.17) is 17.3 Å². The van der Waals surface area contributed by atoms with Crippen LogP contribution < -0.4 is 5.73 Å². The van der Waals surface area contributed by atoms with Gasteiger partial charge in [-0.2, -0.15) is 0 Å². The van der Waals surface area contributed by atoms with Crippen LogP contribution in [0.4, 0.5) is 0 Å². The van der Waals surface area contributed by atoms with E-state index in [0.717, 1.165) is 51.3 Å². The normalized spacial score (nSPS) is 37.0. The Morgan fingerprint density at radius 1 is 1.35 bits per heavy atom. The molecule has 2 heterocycles. The van der Waals surface area contributed by atoms with E-state index >= 15 is 0 Å². The number of carbonyl (C=O) groups excluding carboxylic acids is 1. The van der Waals surface area contributed by atoms with Crippen LogP contribution in [0.15, 0.2) is 12.4 Å². The SMILES string of the molecule is CN1CCN(CC23CC(C(N)=O)(C2)C3c2cc(Cl)ncn2)CC1. The number of carbonyl (C=O) groups is 1. The lowest BCUT2D eigenvalue weighted by Gasteiger charge is -2.75. The van der Waals surface area contributed by atoms with Crippen LogP contribution in [0.1, 0.15) is 24.5 Å².